The fourth-order valence-corrected chi connectivity index (χ4v) is 0.700. The van der Waals surface area contributed by atoms with Crippen molar-refractivity contribution in [3.63, 3.8) is 0 Å². The second-order valence-corrected chi connectivity index (χ2v) is 2.63. The van der Waals surface area contributed by atoms with Crippen LogP contribution < -0.4 is 10.6 Å². The summed E-state index contributed by atoms with van der Waals surface area (Å²) >= 11 is 0. The van der Waals surface area contributed by atoms with Crippen molar-refractivity contribution in [2.24, 2.45) is 0 Å². The molecule has 0 aromatic rings. The van der Waals surface area contributed by atoms with Gasteiger partial charge >= 0.3 is 12.2 Å². The first-order chi connectivity index (χ1) is 7.70. The van der Waals surface area contributed by atoms with E-state index in [-0.39, 0.29) is 26.3 Å². The monoisotopic (exact) mass is 228 g/mol. The van der Waals surface area contributed by atoms with Crippen molar-refractivity contribution in [1.82, 2.24) is 10.6 Å². The molecule has 6 nitrogen and oxygen atoms in total. The van der Waals surface area contributed by atoms with Crippen LogP contribution in [0.15, 0.2) is 25.3 Å². The van der Waals surface area contributed by atoms with Gasteiger partial charge in [0, 0.05) is 13.1 Å². The number of nitrogens with one attached hydrogen (secondary N) is 2. The minimum Gasteiger partial charge on any atom is -0.445 e. The summed E-state index contributed by atoms with van der Waals surface area (Å²) in [4.78, 5) is 21.8. The number of rotatable bonds is 7. The molecule has 0 aromatic carbocycles. The highest BCUT2D eigenvalue weighted by atomic mass is 16.6. The average molecular weight is 228 g/mol. The van der Waals surface area contributed by atoms with Crippen molar-refractivity contribution >= 4 is 12.2 Å². The molecule has 0 unspecified atom stereocenters. The van der Waals surface area contributed by atoms with Crippen LogP contribution in [0.1, 0.15) is 0 Å². The van der Waals surface area contributed by atoms with Crippen LogP contribution in [0, 0.1) is 0 Å². The van der Waals surface area contributed by atoms with Gasteiger partial charge in [0.05, 0.1) is 0 Å². The van der Waals surface area contributed by atoms with E-state index in [0.717, 1.165) is 0 Å². The Kier molecular flexibility index (Phi) is 8.39. The molecule has 0 aliphatic rings. The number of ether oxygens (including phenoxy) is 2. The van der Waals surface area contributed by atoms with Crippen LogP contribution in [-0.4, -0.2) is 38.5 Å². The maximum atomic E-state index is 10.9. The molecule has 0 radical (unpaired) electrons. The van der Waals surface area contributed by atoms with Gasteiger partial charge in [-0.25, -0.2) is 9.59 Å². The van der Waals surface area contributed by atoms with Gasteiger partial charge in [0.2, 0.25) is 0 Å². The smallest absolute Gasteiger partial charge is 0.407 e. The highest BCUT2D eigenvalue weighted by Gasteiger charge is 2.01. The molecule has 0 heterocycles. The van der Waals surface area contributed by atoms with E-state index in [1.807, 2.05) is 0 Å². The van der Waals surface area contributed by atoms with Crippen LogP contribution in [-0.2, 0) is 9.47 Å². The third-order valence-electron chi connectivity index (χ3n) is 1.33. The molecule has 0 rings (SSSR count). The lowest BCUT2D eigenvalue weighted by Crippen LogP contribution is -2.35. The fraction of sp³-hybridized carbons (Fsp3) is 0.400. The minimum atomic E-state index is -0.554. The van der Waals surface area contributed by atoms with Gasteiger partial charge in [0.25, 0.3) is 0 Å². The number of hydrogen-bond acceptors (Lipinski definition) is 4. The zero-order valence-corrected chi connectivity index (χ0v) is 9.03. The summed E-state index contributed by atoms with van der Waals surface area (Å²) < 4.78 is 9.28. The highest BCUT2D eigenvalue weighted by Crippen LogP contribution is 1.79. The van der Waals surface area contributed by atoms with Crippen molar-refractivity contribution in [1.29, 1.82) is 0 Å². The summed E-state index contributed by atoms with van der Waals surface area (Å²) in [5, 5.41) is 4.86. The zero-order valence-electron chi connectivity index (χ0n) is 9.03. The molecule has 0 aromatic heterocycles. The van der Waals surface area contributed by atoms with Gasteiger partial charge in [-0.15, -0.1) is 0 Å². The van der Waals surface area contributed by atoms with Gasteiger partial charge in [0.15, 0.2) is 0 Å². The SMILES string of the molecule is C=CCOC(=O)NCCNC(=O)OCC=C. The van der Waals surface area contributed by atoms with E-state index in [4.69, 9.17) is 0 Å². The van der Waals surface area contributed by atoms with Crippen LogP contribution in [0.2, 0.25) is 0 Å². The Morgan fingerprint density at radius 1 is 0.938 bits per heavy atom. The molecule has 90 valence electrons. The quantitative estimate of drug-likeness (QED) is 0.499. The Labute approximate surface area is 94.3 Å². The van der Waals surface area contributed by atoms with E-state index >= 15 is 0 Å². The number of carbonyl (C=O) groups excluding carboxylic acids is 2. The topological polar surface area (TPSA) is 76.7 Å². The van der Waals surface area contributed by atoms with Gasteiger partial charge in [-0.05, 0) is 0 Å². The molecule has 0 atom stereocenters. The largest absolute Gasteiger partial charge is 0.445 e. The highest BCUT2D eigenvalue weighted by molar-refractivity contribution is 5.68. The van der Waals surface area contributed by atoms with Gasteiger partial charge < -0.3 is 20.1 Å². The van der Waals surface area contributed by atoms with Crippen LogP contribution in [0.3, 0.4) is 0 Å². The first-order valence-corrected chi connectivity index (χ1v) is 4.73. The van der Waals surface area contributed by atoms with Crippen molar-refractivity contribution in [3.05, 3.63) is 25.3 Å². The number of amides is 2. The average Bonchev–Trinajstić information content (AvgIpc) is 2.29. The van der Waals surface area contributed by atoms with E-state index in [1.54, 1.807) is 0 Å². The Morgan fingerprint density at radius 3 is 1.62 bits per heavy atom. The molecule has 0 saturated carbocycles. The van der Waals surface area contributed by atoms with E-state index in [9.17, 15) is 9.59 Å². The van der Waals surface area contributed by atoms with Gasteiger partial charge in [-0.1, -0.05) is 25.3 Å². The Balaban J connectivity index is 3.37. The van der Waals surface area contributed by atoms with Crippen LogP contribution >= 0.6 is 0 Å². The summed E-state index contributed by atoms with van der Waals surface area (Å²) in [6.07, 6.45) is 1.82. The molecular formula is C10H16N2O4. The first kappa shape index (κ1) is 14.0. The summed E-state index contributed by atoms with van der Waals surface area (Å²) in [6.45, 7) is 7.62. The van der Waals surface area contributed by atoms with Crippen molar-refractivity contribution in [2.75, 3.05) is 26.3 Å². The molecule has 0 saturated heterocycles. The van der Waals surface area contributed by atoms with E-state index in [1.165, 1.54) is 12.2 Å². The van der Waals surface area contributed by atoms with E-state index in [2.05, 4.69) is 33.3 Å². The van der Waals surface area contributed by atoms with Crippen LogP contribution in [0.4, 0.5) is 9.59 Å². The standard InChI is InChI=1S/C10H16N2O4/c1-3-7-15-9(13)11-5-6-12-10(14)16-8-4-2/h3-4H,1-2,5-8H2,(H,11,13)(H,12,14). The maximum absolute atomic E-state index is 10.9. The van der Waals surface area contributed by atoms with Crippen molar-refractivity contribution < 1.29 is 19.1 Å². The van der Waals surface area contributed by atoms with Gasteiger partial charge in [0.1, 0.15) is 13.2 Å². The molecule has 0 fully saturated rings. The molecule has 6 heteroatoms. The Morgan fingerprint density at radius 2 is 1.31 bits per heavy atom. The van der Waals surface area contributed by atoms with Crippen molar-refractivity contribution in [3.8, 4) is 0 Å². The number of hydrogen-bond donors (Lipinski definition) is 2. The molecule has 2 amide bonds. The summed E-state index contributed by atoms with van der Waals surface area (Å²) in [7, 11) is 0. The van der Waals surface area contributed by atoms with Crippen molar-refractivity contribution in [2.45, 2.75) is 0 Å². The third-order valence-corrected chi connectivity index (χ3v) is 1.33. The molecule has 2 N–H and O–H groups in total. The predicted octanol–water partition coefficient (Wildman–Crippen LogP) is 0.811. The van der Waals surface area contributed by atoms with E-state index in [0.29, 0.717) is 0 Å². The van der Waals surface area contributed by atoms with Gasteiger partial charge in [-0.3, -0.25) is 0 Å². The van der Waals surface area contributed by atoms with Crippen LogP contribution in [0.25, 0.3) is 0 Å². The lowest BCUT2D eigenvalue weighted by Gasteiger charge is -2.06. The summed E-state index contributed by atoms with van der Waals surface area (Å²) in [5.74, 6) is 0. The molecular weight excluding hydrogens is 212 g/mol. The predicted molar refractivity (Wildman–Crippen MR) is 59.1 cm³/mol. The fourth-order valence-electron chi connectivity index (χ4n) is 0.700. The molecule has 16 heavy (non-hydrogen) atoms. The molecule has 0 aliphatic heterocycles. The van der Waals surface area contributed by atoms with Gasteiger partial charge in [-0.2, -0.15) is 0 Å². The number of alkyl carbamates (subject to hydrolysis) is 2. The molecule has 0 spiro atoms. The van der Waals surface area contributed by atoms with Crippen LogP contribution in [0.5, 0.6) is 0 Å². The minimum absolute atomic E-state index is 0.153. The second-order valence-electron chi connectivity index (χ2n) is 2.63. The normalized spacial score (nSPS) is 8.75. The zero-order chi connectivity index (χ0) is 12.2. The Hall–Kier alpha value is -1.98. The second kappa shape index (κ2) is 9.57. The third kappa shape index (κ3) is 8.61. The summed E-state index contributed by atoms with van der Waals surface area (Å²) in [5.41, 5.74) is 0. The Bertz CT molecular complexity index is 227. The maximum Gasteiger partial charge on any atom is 0.407 e. The van der Waals surface area contributed by atoms with E-state index < -0.39 is 12.2 Å². The lowest BCUT2D eigenvalue weighted by atomic mass is 10.6. The molecule has 0 bridgehead atoms. The lowest BCUT2D eigenvalue weighted by molar-refractivity contribution is 0.153. The number of carbonyl (C=O) groups is 2. The first-order valence-electron chi connectivity index (χ1n) is 4.73. The summed E-state index contributed by atoms with van der Waals surface area (Å²) in [6, 6.07) is 0. The molecule has 0 aliphatic carbocycles.